The van der Waals surface area contributed by atoms with E-state index in [1.54, 1.807) is 0 Å². The number of amides is 1. The summed E-state index contributed by atoms with van der Waals surface area (Å²) in [6.45, 7) is 4.95. The van der Waals surface area contributed by atoms with Crippen molar-refractivity contribution >= 4 is 18.0 Å². The zero-order chi connectivity index (χ0) is 23.1. The number of aryl methyl sites for hydroxylation is 3. The van der Waals surface area contributed by atoms with Gasteiger partial charge >= 0.3 is 0 Å². The fraction of sp³-hybridized carbons (Fsp3) is 0.261. The van der Waals surface area contributed by atoms with Crippen LogP contribution in [0.5, 0.6) is 0 Å². The Hall–Kier alpha value is -4.01. The van der Waals surface area contributed by atoms with E-state index in [0.717, 1.165) is 35.6 Å². The Labute approximate surface area is 186 Å². The Morgan fingerprint density at radius 3 is 2.59 bits per heavy atom. The highest BCUT2D eigenvalue weighted by atomic mass is 16.3. The predicted octanol–water partition coefficient (Wildman–Crippen LogP) is 0.689. The number of nitrogens with one attached hydrogen (secondary N) is 1. The van der Waals surface area contributed by atoms with E-state index in [2.05, 4.69) is 39.0 Å². The topological polar surface area (TPSA) is 108 Å². The second-order valence-corrected chi connectivity index (χ2v) is 7.24. The van der Waals surface area contributed by atoms with Crippen molar-refractivity contribution in [2.45, 2.75) is 26.8 Å². The molecule has 0 saturated carbocycles. The van der Waals surface area contributed by atoms with Crippen LogP contribution in [0, 0.1) is 6.92 Å². The quantitative estimate of drug-likeness (QED) is 0.355. The maximum Gasteiger partial charge on any atom is 0.251 e. The number of rotatable bonds is 6. The molecule has 166 valence electrons. The van der Waals surface area contributed by atoms with Crippen LogP contribution < -0.4 is 15.0 Å². The lowest BCUT2D eigenvalue weighted by molar-refractivity contribution is -0.694. The summed E-state index contributed by atoms with van der Waals surface area (Å²) in [6, 6.07) is 7.85. The van der Waals surface area contributed by atoms with Gasteiger partial charge in [-0.3, -0.25) is 13.9 Å². The Morgan fingerprint density at radius 2 is 1.97 bits per heavy atom. The molecule has 4 aromatic rings. The summed E-state index contributed by atoms with van der Waals surface area (Å²) in [5.41, 5.74) is 5.69. The van der Waals surface area contributed by atoms with Crippen molar-refractivity contribution in [1.29, 1.82) is 0 Å². The molecule has 32 heavy (non-hydrogen) atoms. The molecule has 0 fully saturated rings. The van der Waals surface area contributed by atoms with Gasteiger partial charge in [-0.05, 0) is 36.6 Å². The number of hydrogen-bond donors (Lipinski definition) is 1. The van der Waals surface area contributed by atoms with E-state index in [4.69, 9.17) is 9.90 Å². The lowest BCUT2D eigenvalue weighted by Gasteiger charge is -2.06. The van der Waals surface area contributed by atoms with Gasteiger partial charge in [0.25, 0.3) is 5.91 Å². The van der Waals surface area contributed by atoms with Crippen LogP contribution in [0.1, 0.15) is 28.4 Å². The van der Waals surface area contributed by atoms with Crippen LogP contribution in [-0.4, -0.2) is 38.1 Å². The van der Waals surface area contributed by atoms with Crippen molar-refractivity contribution in [3.8, 4) is 11.4 Å². The summed E-state index contributed by atoms with van der Waals surface area (Å²) in [5, 5.41) is 15.5. The average Bonchev–Trinajstić information content (AvgIpc) is 3.36. The number of carbonyl (C=O) groups excluding carboxylic acids is 2. The van der Waals surface area contributed by atoms with Crippen molar-refractivity contribution < 1.29 is 19.3 Å². The molecule has 4 rings (SSSR count). The summed E-state index contributed by atoms with van der Waals surface area (Å²) in [7, 11) is 1.91. The molecule has 0 saturated heterocycles. The van der Waals surface area contributed by atoms with Crippen molar-refractivity contribution in [1.82, 2.24) is 24.5 Å². The van der Waals surface area contributed by atoms with Gasteiger partial charge < -0.3 is 15.2 Å². The fourth-order valence-corrected chi connectivity index (χ4v) is 3.49. The van der Waals surface area contributed by atoms with Gasteiger partial charge in [-0.2, -0.15) is 5.10 Å². The molecule has 0 aromatic carbocycles. The highest BCUT2D eigenvalue weighted by molar-refractivity contribution is 5.95. The van der Waals surface area contributed by atoms with E-state index >= 15 is 0 Å². The summed E-state index contributed by atoms with van der Waals surface area (Å²) < 4.78 is 5.88. The number of fused-ring (bicyclic) bond motifs is 1. The molecule has 0 aliphatic heterocycles. The molecule has 0 atom stereocenters. The van der Waals surface area contributed by atoms with Gasteiger partial charge in [-0.1, -0.05) is 6.92 Å². The van der Waals surface area contributed by atoms with Crippen LogP contribution >= 0.6 is 0 Å². The van der Waals surface area contributed by atoms with E-state index < -0.39 is 6.47 Å². The second-order valence-electron chi connectivity index (χ2n) is 7.24. The molecule has 4 heterocycles. The molecular formula is C23H26N6O3. The molecule has 0 spiro atoms. The molecule has 1 N–H and O–H groups in total. The summed E-state index contributed by atoms with van der Waals surface area (Å²) >= 11 is 0. The lowest BCUT2D eigenvalue weighted by atomic mass is 10.2. The van der Waals surface area contributed by atoms with E-state index in [1.807, 2.05) is 66.2 Å². The molecular weight excluding hydrogens is 408 g/mol. The highest BCUT2D eigenvalue weighted by Crippen LogP contribution is 2.23. The molecule has 9 nitrogen and oxygen atoms in total. The molecule has 4 aromatic heterocycles. The van der Waals surface area contributed by atoms with E-state index in [0.29, 0.717) is 12.1 Å². The molecule has 0 aliphatic rings. The summed E-state index contributed by atoms with van der Waals surface area (Å²) in [4.78, 5) is 25.3. The normalized spacial score (nSPS) is 10.5. The van der Waals surface area contributed by atoms with Gasteiger partial charge in [-0.25, -0.2) is 9.55 Å². The molecule has 0 radical (unpaired) electrons. The summed E-state index contributed by atoms with van der Waals surface area (Å²) in [6.07, 6.45) is 10.7. The van der Waals surface area contributed by atoms with Gasteiger partial charge in [0, 0.05) is 37.4 Å². The standard InChI is InChI=1S/C22H24N6O.CH2O2/c1-4-17-5-9-27(10-6-17)12-8-23-22(29)18-7-11-28-19(15-24-20(28)13-18)21-16(2)14-25-26(21)3;2-1-3/h5-7,9-11,13-15H,4,8,12H2,1-3H3;1H,(H,2,3). The van der Waals surface area contributed by atoms with Crippen LogP contribution in [-0.2, 0) is 24.8 Å². The Bertz CT molecular complexity index is 1190. The SMILES string of the molecule is CCc1cc[n+](CCNC(=O)c2ccn3c(-c4c(C)cnn4C)cnc3c2)cc1.O=C[O-]. The number of carbonyl (C=O) groups is 2. The van der Waals surface area contributed by atoms with E-state index in [-0.39, 0.29) is 5.91 Å². The van der Waals surface area contributed by atoms with E-state index in [9.17, 15) is 4.79 Å². The van der Waals surface area contributed by atoms with Crippen molar-refractivity contribution in [3.05, 3.63) is 71.9 Å². The smallest absolute Gasteiger partial charge is 0.251 e. The molecule has 0 unspecified atom stereocenters. The predicted molar refractivity (Wildman–Crippen MR) is 117 cm³/mol. The number of carboxylic acid groups (broad SMARTS) is 1. The van der Waals surface area contributed by atoms with Crippen LogP contribution in [0.15, 0.2) is 55.2 Å². The highest BCUT2D eigenvalue weighted by Gasteiger charge is 2.14. The maximum absolute atomic E-state index is 12.6. The zero-order valence-electron chi connectivity index (χ0n) is 18.4. The Kier molecular flexibility index (Phi) is 7.33. The minimum atomic E-state index is -0.500. The summed E-state index contributed by atoms with van der Waals surface area (Å²) in [5.74, 6) is -0.0976. The number of hydrogen-bond acceptors (Lipinski definition) is 5. The maximum atomic E-state index is 12.6. The number of nitrogens with zero attached hydrogens (tertiary/aromatic N) is 5. The minimum Gasteiger partial charge on any atom is -0.554 e. The minimum absolute atomic E-state index is 0.0976. The third-order valence-corrected chi connectivity index (χ3v) is 5.16. The number of aromatic nitrogens is 5. The average molecular weight is 435 g/mol. The van der Waals surface area contributed by atoms with Gasteiger partial charge in [0.15, 0.2) is 18.9 Å². The third-order valence-electron chi connectivity index (χ3n) is 5.16. The first-order chi connectivity index (χ1) is 15.5. The van der Waals surface area contributed by atoms with Gasteiger partial charge in [0.1, 0.15) is 5.65 Å². The van der Waals surface area contributed by atoms with E-state index in [1.165, 1.54) is 5.56 Å². The monoisotopic (exact) mass is 434 g/mol. The molecule has 9 heteroatoms. The fourth-order valence-electron chi connectivity index (χ4n) is 3.49. The Balaban J connectivity index is 0.000000913. The first-order valence-corrected chi connectivity index (χ1v) is 10.3. The van der Waals surface area contributed by atoms with Gasteiger partial charge in [-0.15, -0.1) is 0 Å². The van der Waals surface area contributed by atoms with Crippen LogP contribution in [0.3, 0.4) is 0 Å². The van der Waals surface area contributed by atoms with Crippen LogP contribution in [0.2, 0.25) is 0 Å². The lowest BCUT2D eigenvalue weighted by Crippen LogP contribution is -2.40. The zero-order valence-corrected chi connectivity index (χ0v) is 18.4. The largest absolute Gasteiger partial charge is 0.554 e. The second kappa shape index (κ2) is 10.3. The van der Waals surface area contributed by atoms with Crippen molar-refractivity contribution in [3.63, 3.8) is 0 Å². The molecule has 0 bridgehead atoms. The van der Waals surface area contributed by atoms with Crippen molar-refractivity contribution in [2.24, 2.45) is 7.05 Å². The van der Waals surface area contributed by atoms with Crippen LogP contribution in [0.4, 0.5) is 0 Å². The molecule has 0 aliphatic carbocycles. The third kappa shape index (κ3) is 5.00. The number of pyridine rings is 2. The number of imidazole rings is 1. The Morgan fingerprint density at radius 1 is 1.25 bits per heavy atom. The van der Waals surface area contributed by atoms with Gasteiger partial charge in [0.05, 0.1) is 30.3 Å². The van der Waals surface area contributed by atoms with Crippen molar-refractivity contribution in [2.75, 3.05) is 6.54 Å². The van der Waals surface area contributed by atoms with Crippen LogP contribution in [0.25, 0.3) is 17.0 Å². The van der Waals surface area contributed by atoms with Gasteiger partial charge in [0.2, 0.25) is 0 Å². The first kappa shape index (κ1) is 22.7. The molecule has 1 amide bonds. The first-order valence-electron chi connectivity index (χ1n) is 10.3.